The Bertz CT molecular complexity index is 1070. The molecule has 6 heteroatoms. The lowest BCUT2D eigenvalue weighted by atomic mass is 10.1. The number of hydrogen-bond donors (Lipinski definition) is 1. The van der Waals surface area contributed by atoms with Gasteiger partial charge in [0, 0.05) is 12.2 Å². The third kappa shape index (κ3) is 6.33. The van der Waals surface area contributed by atoms with Crippen LogP contribution < -0.4 is 0 Å². The van der Waals surface area contributed by atoms with Crippen molar-refractivity contribution in [2.45, 2.75) is 58.5 Å². The van der Waals surface area contributed by atoms with Gasteiger partial charge in [-0.3, -0.25) is 4.98 Å². The van der Waals surface area contributed by atoms with E-state index < -0.39 is 17.4 Å². The number of unbranched alkanes of at least 4 members (excludes halogenated alkanes) is 3. The predicted molar refractivity (Wildman–Crippen MR) is 124 cm³/mol. The van der Waals surface area contributed by atoms with Gasteiger partial charge in [-0.15, -0.1) is 0 Å². The molecule has 32 heavy (non-hydrogen) atoms. The van der Waals surface area contributed by atoms with Crippen LogP contribution in [0.1, 0.15) is 57.9 Å². The van der Waals surface area contributed by atoms with Gasteiger partial charge in [-0.05, 0) is 62.4 Å². The van der Waals surface area contributed by atoms with Crippen LogP contribution in [0.2, 0.25) is 0 Å². The fraction of sp³-hybridized carbons (Fsp3) is 0.385. The molecule has 1 heterocycles. The summed E-state index contributed by atoms with van der Waals surface area (Å²) in [7, 11) is 0. The fourth-order valence-electron chi connectivity index (χ4n) is 3.46. The molecule has 0 spiro atoms. The first-order valence-corrected chi connectivity index (χ1v) is 11.2. The summed E-state index contributed by atoms with van der Waals surface area (Å²) in [4.78, 5) is 8.75. The topological polar surface area (TPSA) is 55.2 Å². The molecule has 0 amide bonds. The summed E-state index contributed by atoms with van der Waals surface area (Å²) >= 11 is 0. The van der Waals surface area contributed by atoms with Gasteiger partial charge >= 0.3 is 0 Å². The number of ether oxygens (including phenoxy) is 1. The summed E-state index contributed by atoms with van der Waals surface area (Å²) in [6.45, 7) is 5.17. The van der Waals surface area contributed by atoms with Crippen LogP contribution in [0.25, 0.3) is 28.4 Å². The Morgan fingerprint density at radius 2 is 1.91 bits per heavy atom. The zero-order valence-electron chi connectivity index (χ0n) is 18.7. The second-order valence-corrected chi connectivity index (χ2v) is 7.99. The highest BCUT2D eigenvalue weighted by Crippen LogP contribution is 2.28. The largest absolute Gasteiger partial charge is 0.505 e. The van der Waals surface area contributed by atoms with Crippen LogP contribution in [-0.2, 0) is 4.74 Å². The van der Waals surface area contributed by atoms with Gasteiger partial charge in [0.15, 0.2) is 11.6 Å². The molecule has 0 radical (unpaired) electrons. The Morgan fingerprint density at radius 3 is 2.72 bits per heavy atom. The first-order chi connectivity index (χ1) is 15.5. The van der Waals surface area contributed by atoms with Gasteiger partial charge in [-0.2, -0.15) is 4.39 Å². The Labute approximate surface area is 188 Å². The van der Waals surface area contributed by atoms with Crippen LogP contribution >= 0.6 is 0 Å². The van der Waals surface area contributed by atoms with E-state index in [9.17, 15) is 13.9 Å². The average Bonchev–Trinajstić information content (AvgIpc) is 2.80. The van der Waals surface area contributed by atoms with Crippen LogP contribution in [0.3, 0.4) is 0 Å². The van der Waals surface area contributed by atoms with E-state index in [1.165, 1.54) is 25.1 Å². The third-order valence-electron chi connectivity index (χ3n) is 5.35. The Morgan fingerprint density at radius 1 is 1.06 bits per heavy atom. The number of phenolic OH excluding ortho intramolecular Hbond substituents is 1. The summed E-state index contributed by atoms with van der Waals surface area (Å²) in [5, 5.41) is 9.29. The molecule has 1 atom stereocenters. The van der Waals surface area contributed by atoms with Crippen LogP contribution in [0.15, 0.2) is 42.6 Å². The quantitative estimate of drug-likeness (QED) is 0.324. The number of phenols is 1. The zero-order chi connectivity index (χ0) is 22.9. The van der Waals surface area contributed by atoms with Gasteiger partial charge in [0.2, 0.25) is 5.82 Å². The number of nitrogens with zero attached hydrogens (tertiary/aromatic N) is 2. The molecule has 3 rings (SSSR count). The molecule has 1 unspecified atom stereocenters. The molecular formula is C26H30F2N2O2. The minimum atomic E-state index is -1.29. The molecule has 1 aromatic heterocycles. The number of rotatable bonds is 11. The molecule has 0 aliphatic heterocycles. The number of fused-ring (bicyclic) bond motifs is 1. The first kappa shape index (κ1) is 23.8. The van der Waals surface area contributed by atoms with Crippen LogP contribution in [0.5, 0.6) is 5.75 Å². The van der Waals surface area contributed by atoms with E-state index in [0.29, 0.717) is 11.0 Å². The molecule has 3 aromatic rings. The summed E-state index contributed by atoms with van der Waals surface area (Å²) in [5.41, 5.74) is 2.43. The summed E-state index contributed by atoms with van der Waals surface area (Å²) in [6, 6.07) is 8.04. The van der Waals surface area contributed by atoms with Gasteiger partial charge in [0.25, 0.3) is 0 Å². The molecule has 4 nitrogen and oxygen atoms in total. The summed E-state index contributed by atoms with van der Waals surface area (Å²) in [5.74, 6) is -3.16. The van der Waals surface area contributed by atoms with Gasteiger partial charge in [0.1, 0.15) is 0 Å². The lowest BCUT2D eigenvalue weighted by Crippen LogP contribution is -2.08. The highest BCUT2D eigenvalue weighted by atomic mass is 19.2. The van der Waals surface area contributed by atoms with Crippen molar-refractivity contribution in [2.24, 2.45) is 0 Å². The van der Waals surface area contributed by atoms with Crippen molar-refractivity contribution in [3.63, 3.8) is 0 Å². The van der Waals surface area contributed by atoms with Crippen LogP contribution in [0.4, 0.5) is 8.78 Å². The monoisotopic (exact) mass is 440 g/mol. The van der Waals surface area contributed by atoms with Crippen molar-refractivity contribution in [3.05, 3.63) is 59.8 Å². The molecule has 0 bridgehead atoms. The maximum absolute atomic E-state index is 14.1. The third-order valence-corrected chi connectivity index (χ3v) is 5.35. The van der Waals surface area contributed by atoms with Gasteiger partial charge < -0.3 is 9.84 Å². The highest BCUT2D eigenvalue weighted by molar-refractivity contribution is 5.79. The lowest BCUT2D eigenvalue weighted by molar-refractivity contribution is 0.0566. The van der Waals surface area contributed by atoms with Crippen molar-refractivity contribution >= 4 is 17.1 Å². The minimum Gasteiger partial charge on any atom is -0.505 e. The first-order valence-electron chi connectivity index (χ1n) is 11.2. The van der Waals surface area contributed by atoms with E-state index in [1.807, 2.05) is 18.2 Å². The van der Waals surface area contributed by atoms with E-state index in [2.05, 4.69) is 36.0 Å². The molecule has 0 aliphatic carbocycles. The second kappa shape index (κ2) is 11.7. The Balaban J connectivity index is 1.57. The molecule has 2 aromatic carbocycles. The lowest BCUT2D eigenvalue weighted by Gasteiger charge is -2.12. The zero-order valence-corrected chi connectivity index (χ0v) is 18.7. The molecule has 0 saturated heterocycles. The van der Waals surface area contributed by atoms with E-state index >= 15 is 0 Å². The van der Waals surface area contributed by atoms with Gasteiger partial charge in [0.05, 0.1) is 29.0 Å². The van der Waals surface area contributed by atoms with E-state index in [4.69, 9.17) is 4.74 Å². The van der Waals surface area contributed by atoms with Crippen molar-refractivity contribution in [1.29, 1.82) is 0 Å². The van der Waals surface area contributed by atoms with Gasteiger partial charge in [-0.1, -0.05) is 38.0 Å². The van der Waals surface area contributed by atoms with Crippen molar-refractivity contribution in [2.75, 3.05) is 6.61 Å². The summed E-state index contributed by atoms with van der Waals surface area (Å²) < 4.78 is 33.6. The van der Waals surface area contributed by atoms with E-state index in [0.717, 1.165) is 43.9 Å². The van der Waals surface area contributed by atoms with Gasteiger partial charge in [-0.25, -0.2) is 9.37 Å². The number of hydrogen-bond acceptors (Lipinski definition) is 4. The minimum absolute atomic E-state index is 0.0396. The molecule has 0 aliphatic rings. The Kier molecular flexibility index (Phi) is 8.68. The normalized spacial score (nSPS) is 12.6. The standard InChI is InChI=1S/C26H30F2N2O2/c1-3-4-8-15-32-18(2)9-6-5-7-10-19-11-13-21-22(16-19)29-17-23(30-21)20-12-14-24(31)26(28)25(20)27/h7,10-14,16-18,31H,3-6,8-9,15H2,1-2H3. The maximum atomic E-state index is 14.1. The molecule has 0 saturated carbocycles. The molecule has 170 valence electrons. The predicted octanol–water partition coefficient (Wildman–Crippen LogP) is 7.06. The molecule has 0 fully saturated rings. The van der Waals surface area contributed by atoms with Crippen molar-refractivity contribution in [3.8, 4) is 17.0 Å². The smallest absolute Gasteiger partial charge is 0.201 e. The number of allylic oxidation sites excluding steroid dienone is 1. The SMILES string of the molecule is CCCCCOC(C)CCCC=Cc1ccc2nc(-c3ccc(O)c(F)c3F)cnc2c1. The molecule has 1 N–H and O–H groups in total. The van der Waals surface area contributed by atoms with Crippen LogP contribution in [0, 0.1) is 11.6 Å². The fourth-order valence-corrected chi connectivity index (χ4v) is 3.46. The summed E-state index contributed by atoms with van der Waals surface area (Å²) in [6.07, 6.45) is 12.5. The highest BCUT2D eigenvalue weighted by Gasteiger charge is 2.15. The van der Waals surface area contributed by atoms with E-state index in [-0.39, 0.29) is 17.4 Å². The molecular weight excluding hydrogens is 410 g/mol. The number of benzene rings is 2. The number of halogens is 2. The second-order valence-electron chi connectivity index (χ2n) is 7.99. The van der Waals surface area contributed by atoms with Crippen molar-refractivity contribution in [1.82, 2.24) is 9.97 Å². The van der Waals surface area contributed by atoms with Crippen LogP contribution in [-0.4, -0.2) is 27.8 Å². The maximum Gasteiger partial charge on any atom is 0.201 e. The number of aromatic nitrogens is 2. The van der Waals surface area contributed by atoms with Crippen molar-refractivity contribution < 1.29 is 18.6 Å². The van der Waals surface area contributed by atoms with E-state index in [1.54, 1.807) is 0 Å². The average molecular weight is 441 g/mol. The Hall–Kier alpha value is -2.86. The number of aromatic hydroxyl groups is 1.